The number of hydrogen-bond acceptors (Lipinski definition) is 9. The van der Waals surface area contributed by atoms with Crippen LogP contribution in [0.2, 0.25) is 0 Å². The number of rotatable bonds is 5. The van der Waals surface area contributed by atoms with Crippen molar-refractivity contribution in [1.82, 2.24) is 34.9 Å². The minimum atomic E-state index is 0.0324. The standard InChI is InChI=1S/C16H18N8O2/c1-25-15-21-14(22-16(23-15)26-2)24-7-3-4-12(24)10-8-20-11(9-19-10)13-17-5-6-18-13/h5-6,8-9,12H,3-4,7H2,1-2H3,(H,17,18)/t12-/m1/s1. The summed E-state index contributed by atoms with van der Waals surface area (Å²) in [6.07, 6.45) is 8.87. The summed E-state index contributed by atoms with van der Waals surface area (Å²) in [6, 6.07) is 0.471. The summed E-state index contributed by atoms with van der Waals surface area (Å²) in [7, 11) is 3.03. The highest BCUT2D eigenvalue weighted by molar-refractivity contribution is 5.47. The first-order valence-electron chi connectivity index (χ1n) is 8.21. The van der Waals surface area contributed by atoms with E-state index in [0.29, 0.717) is 17.5 Å². The second-order valence-electron chi connectivity index (χ2n) is 5.72. The van der Waals surface area contributed by atoms with Gasteiger partial charge in [-0.2, -0.15) is 9.97 Å². The third-order valence-electron chi connectivity index (χ3n) is 4.21. The van der Waals surface area contributed by atoms with Gasteiger partial charge in [0, 0.05) is 18.9 Å². The normalized spacial score (nSPS) is 16.7. The molecule has 1 saturated heterocycles. The van der Waals surface area contributed by atoms with E-state index in [4.69, 9.17) is 9.47 Å². The Balaban J connectivity index is 1.62. The predicted octanol–water partition coefficient (Wildman–Crippen LogP) is 1.41. The van der Waals surface area contributed by atoms with Gasteiger partial charge in [0.25, 0.3) is 0 Å². The lowest BCUT2D eigenvalue weighted by molar-refractivity contribution is 0.339. The van der Waals surface area contributed by atoms with Crippen LogP contribution in [0.5, 0.6) is 12.0 Å². The molecular weight excluding hydrogens is 336 g/mol. The number of nitrogens with one attached hydrogen (secondary N) is 1. The number of aromatic nitrogens is 7. The maximum Gasteiger partial charge on any atom is 0.324 e. The van der Waals surface area contributed by atoms with E-state index in [-0.39, 0.29) is 18.1 Å². The van der Waals surface area contributed by atoms with Crippen molar-refractivity contribution >= 4 is 5.95 Å². The monoisotopic (exact) mass is 354 g/mol. The van der Waals surface area contributed by atoms with Crippen LogP contribution in [-0.2, 0) is 0 Å². The molecule has 0 amide bonds. The summed E-state index contributed by atoms with van der Waals surface area (Å²) in [4.78, 5) is 31.1. The molecule has 0 aromatic carbocycles. The zero-order chi connectivity index (χ0) is 17.9. The fourth-order valence-electron chi connectivity index (χ4n) is 2.99. The first-order valence-corrected chi connectivity index (χ1v) is 8.21. The third-order valence-corrected chi connectivity index (χ3v) is 4.21. The van der Waals surface area contributed by atoms with E-state index in [2.05, 4.69) is 39.8 Å². The van der Waals surface area contributed by atoms with Gasteiger partial charge in [0.05, 0.1) is 38.3 Å². The molecule has 3 aromatic rings. The van der Waals surface area contributed by atoms with Crippen LogP contribution < -0.4 is 14.4 Å². The van der Waals surface area contributed by atoms with Crippen molar-refractivity contribution in [3.8, 4) is 23.5 Å². The zero-order valence-electron chi connectivity index (χ0n) is 14.5. The first-order chi connectivity index (χ1) is 12.8. The summed E-state index contributed by atoms with van der Waals surface area (Å²) in [5, 5.41) is 0. The smallest absolute Gasteiger partial charge is 0.324 e. The molecule has 1 fully saturated rings. The van der Waals surface area contributed by atoms with Crippen molar-refractivity contribution in [2.24, 2.45) is 0 Å². The van der Waals surface area contributed by atoms with E-state index in [1.807, 2.05) is 0 Å². The molecular formula is C16H18N8O2. The van der Waals surface area contributed by atoms with Gasteiger partial charge in [-0.25, -0.2) is 9.97 Å². The molecule has 0 radical (unpaired) electrons. The second kappa shape index (κ2) is 6.90. The SMILES string of the molecule is COc1nc(OC)nc(N2CCC[C@@H]2c2cnc(-c3ncc[nH]3)cn2)n1. The Hall–Kier alpha value is -3.30. The summed E-state index contributed by atoms with van der Waals surface area (Å²) in [6.45, 7) is 0.808. The average molecular weight is 354 g/mol. The molecule has 0 unspecified atom stereocenters. The molecule has 4 heterocycles. The second-order valence-corrected chi connectivity index (χ2v) is 5.72. The lowest BCUT2D eigenvalue weighted by atomic mass is 10.1. The molecule has 26 heavy (non-hydrogen) atoms. The summed E-state index contributed by atoms with van der Waals surface area (Å²) < 4.78 is 10.3. The number of methoxy groups -OCH3 is 2. The Morgan fingerprint density at radius 1 is 1.04 bits per heavy atom. The van der Waals surface area contributed by atoms with Crippen molar-refractivity contribution in [2.75, 3.05) is 25.7 Å². The van der Waals surface area contributed by atoms with E-state index >= 15 is 0 Å². The van der Waals surface area contributed by atoms with Crippen LogP contribution in [0.25, 0.3) is 11.5 Å². The number of hydrogen-bond donors (Lipinski definition) is 1. The summed E-state index contributed by atoms with van der Waals surface area (Å²) >= 11 is 0. The number of aromatic amines is 1. The number of nitrogens with zero attached hydrogens (tertiary/aromatic N) is 7. The maximum absolute atomic E-state index is 5.15. The maximum atomic E-state index is 5.15. The van der Waals surface area contributed by atoms with Gasteiger partial charge in [-0.05, 0) is 12.8 Å². The lowest BCUT2D eigenvalue weighted by Gasteiger charge is -2.24. The Bertz CT molecular complexity index is 846. The molecule has 1 aliphatic heterocycles. The van der Waals surface area contributed by atoms with Gasteiger partial charge in [0.1, 0.15) is 5.69 Å². The Morgan fingerprint density at radius 3 is 2.46 bits per heavy atom. The van der Waals surface area contributed by atoms with Crippen LogP contribution in [0.4, 0.5) is 5.95 Å². The van der Waals surface area contributed by atoms with Gasteiger partial charge < -0.3 is 19.4 Å². The van der Waals surface area contributed by atoms with E-state index in [0.717, 1.165) is 25.1 Å². The van der Waals surface area contributed by atoms with Crippen molar-refractivity contribution in [1.29, 1.82) is 0 Å². The molecule has 3 aromatic heterocycles. The quantitative estimate of drug-likeness (QED) is 0.726. The van der Waals surface area contributed by atoms with E-state index in [1.54, 1.807) is 24.8 Å². The Kier molecular flexibility index (Phi) is 4.30. The number of anilines is 1. The van der Waals surface area contributed by atoms with Crippen LogP contribution in [0, 0.1) is 0 Å². The third kappa shape index (κ3) is 3.01. The number of imidazole rings is 1. The fourth-order valence-corrected chi connectivity index (χ4v) is 2.99. The molecule has 1 N–H and O–H groups in total. The average Bonchev–Trinajstić information content (AvgIpc) is 3.39. The topological polar surface area (TPSA) is 115 Å². The van der Waals surface area contributed by atoms with Gasteiger partial charge in [-0.15, -0.1) is 4.98 Å². The predicted molar refractivity (Wildman–Crippen MR) is 91.9 cm³/mol. The van der Waals surface area contributed by atoms with Crippen LogP contribution in [-0.4, -0.2) is 55.7 Å². The van der Waals surface area contributed by atoms with Crippen molar-refractivity contribution in [3.05, 3.63) is 30.5 Å². The highest BCUT2D eigenvalue weighted by Crippen LogP contribution is 2.34. The van der Waals surface area contributed by atoms with Gasteiger partial charge in [-0.3, -0.25) is 4.98 Å². The molecule has 4 rings (SSSR count). The van der Waals surface area contributed by atoms with Crippen molar-refractivity contribution in [2.45, 2.75) is 18.9 Å². The van der Waals surface area contributed by atoms with Gasteiger partial charge in [0.15, 0.2) is 5.82 Å². The minimum absolute atomic E-state index is 0.0324. The fraction of sp³-hybridized carbons (Fsp3) is 0.375. The van der Waals surface area contributed by atoms with Crippen molar-refractivity contribution < 1.29 is 9.47 Å². The lowest BCUT2D eigenvalue weighted by Crippen LogP contribution is -2.26. The van der Waals surface area contributed by atoms with Gasteiger partial charge >= 0.3 is 12.0 Å². The van der Waals surface area contributed by atoms with E-state index in [1.165, 1.54) is 14.2 Å². The van der Waals surface area contributed by atoms with Crippen LogP contribution in [0.15, 0.2) is 24.8 Å². The molecule has 1 atom stereocenters. The minimum Gasteiger partial charge on any atom is -0.467 e. The highest BCUT2D eigenvalue weighted by Gasteiger charge is 2.30. The zero-order valence-corrected chi connectivity index (χ0v) is 14.5. The Labute approximate surface area is 149 Å². The molecule has 134 valence electrons. The van der Waals surface area contributed by atoms with E-state index in [9.17, 15) is 0 Å². The Morgan fingerprint density at radius 2 is 1.85 bits per heavy atom. The van der Waals surface area contributed by atoms with E-state index < -0.39 is 0 Å². The van der Waals surface area contributed by atoms with Gasteiger partial charge in [0.2, 0.25) is 5.95 Å². The van der Waals surface area contributed by atoms with Gasteiger partial charge in [-0.1, -0.05) is 0 Å². The van der Waals surface area contributed by atoms with Crippen LogP contribution >= 0.6 is 0 Å². The van der Waals surface area contributed by atoms with Crippen molar-refractivity contribution in [3.63, 3.8) is 0 Å². The molecule has 10 nitrogen and oxygen atoms in total. The van der Waals surface area contributed by atoms with Crippen LogP contribution in [0.1, 0.15) is 24.6 Å². The highest BCUT2D eigenvalue weighted by atomic mass is 16.5. The molecule has 0 aliphatic carbocycles. The molecule has 10 heteroatoms. The first kappa shape index (κ1) is 16.2. The largest absolute Gasteiger partial charge is 0.467 e. The number of ether oxygens (including phenoxy) is 2. The molecule has 0 spiro atoms. The summed E-state index contributed by atoms with van der Waals surface area (Å²) in [5.41, 5.74) is 1.56. The molecule has 0 bridgehead atoms. The summed E-state index contributed by atoms with van der Waals surface area (Å²) in [5.74, 6) is 1.20. The number of H-pyrrole nitrogens is 1. The van der Waals surface area contributed by atoms with Crippen LogP contribution in [0.3, 0.4) is 0 Å². The molecule has 1 aliphatic rings. The molecule has 0 saturated carbocycles.